The third kappa shape index (κ3) is 10.3. The standard InChI is InChI=1S/C12H25N3O4/c1-4-10(2)15(3)7-5-13-12(18)14-6-8-19-9-11(16)17/h10H,4-9H2,1-3H3,(H,16,17)(H2,13,14,18). The molecule has 0 aliphatic rings. The molecule has 0 spiro atoms. The van der Waals surface area contributed by atoms with E-state index in [0.29, 0.717) is 19.1 Å². The van der Waals surface area contributed by atoms with Crippen LogP contribution in [0.1, 0.15) is 20.3 Å². The zero-order valence-electron chi connectivity index (χ0n) is 11.9. The second kappa shape index (κ2) is 10.6. The minimum Gasteiger partial charge on any atom is -0.480 e. The summed E-state index contributed by atoms with van der Waals surface area (Å²) in [4.78, 5) is 23.7. The first-order valence-corrected chi connectivity index (χ1v) is 6.48. The van der Waals surface area contributed by atoms with E-state index in [1.165, 1.54) is 0 Å². The number of nitrogens with one attached hydrogen (secondary N) is 2. The highest BCUT2D eigenvalue weighted by molar-refractivity contribution is 5.73. The molecule has 7 heteroatoms. The lowest BCUT2D eigenvalue weighted by Gasteiger charge is -2.23. The van der Waals surface area contributed by atoms with Crippen LogP contribution in [-0.4, -0.2) is 67.9 Å². The molecule has 0 radical (unpaired) electrons. The van der Waals surface area contributed by atoms with E-state index in [1.807, 2.05) is 7.05 Å². The van der Waals surface area contributed by atoms with Gasteiger partial charge >= 0.3 is 12.0 Å². The lowest BCUT2D eigenvalue weighted by molar-refractivity contribution is -0.142. The Bertz CT molecular complexity index is 274. The summed E-state index contributed by atoms with van der Waals surface area (Å²) in [5, 5.41) is 13.6. The van der Waals surface area contributed by atoms with Crippen molar-refractivity contribution in [3.05, 3.63) is 0 Å². The van der Waals surface area contributed by atoms with Crippen LogP contribution in [0.5, 0.6) is 0 Å². The predicted octanol–water partition coefficient (Wildman–Crippen LogP) is 0.117. The molecule has 3 N–H and O–H groups in total. The number of ether oxygens (including phenoxy) is 1. The average Bonchev–Trinajstić information content (AvgIpc) is 2.36. The van der Waals surface area contributed by atoms with E-state index in [1.54, 1.807) is 0 Å². The Morgan fingerprint density at radius 2 is 1.95 bits per heavy atom. The zero-order chi connectivity index (χ0) is 14.7. The molecule has 0 aromatic rings. The van der Waals surface area contributed by atoms with Crippen LogP contribution in [0, 0.1) is 0 Å². The van der Waals surface area contributed by atoms with Crippen LogP contribution in [0.3, 0.4) is 0 Å². The summed E-state index contributed by atoms with van der Waals surface area (Å²) in [6, 6.07) is 0.228. The van der Waals surface area contributed by atoms with Crippen molar-refractivity contribution in [2.75, 3.05) is 39.9 Å². The summed E-state index contributed by atoms with van der Waals surface area (Å²) < 4.78 is 4.78. The van der Waals surface area contributed by atoms with Crippen molar-refractivity contribution in [2.24, 2.45) is 0 Å². The van der Waals surface area contributed by atoms with Gasteiger partial charge in [0.1, 0.15) is 6.61 Å². The molecular formula is C12H25N3O4. The number of amides is 2. The van der Waals surface area contributed by atoms with E-state index >= 15 is 0 Å². The van der Waals surface area contributed by atoms with E-state index in [-0.39, 0.29) is 19.2 Å². The maximum Gasteiger partial charge on any atom is 0.329 e. The molecule has 0 aromatic carbocycles. The molecular weight excluding hydrogens is 250 g/mol. The van der Waals surface area contributed by atoms with Gasteiger partial charge in [-0.1, -0.05) is 6.92 Å². The van der Waals surface area contributed by atoms with E-state index in [4.69, 9.17) is 9.84 Å². The number of carboxylic acids is 1. The number of carboxylic acid groups (broad SMARTS) is 1. The molecule has 0 heterocycles. The quantitative estimate of drug-likeness (QED) is 0.493. The molecule has 0 saturated carbocycles. The normalized spacial score (nSPS) is 12.2. The number of rotatable bonds is 10. The maximum atomic E-state index is 11.3. The highest BCUT2D eigenvalue weighted by Gasteiger charge is 2.06. The third-order valence-corrected chi connectivity index (χ3v) is 2.85. The SMILES string of the molecule is CCC(C)N(C)CCNC(=O)NCCOCC(=O)O. The molecule has 0 aliphatic carbocycles. The van der Waals surface area contributed by atoms with Gasteiger partial charge in [0, 0.05) is 25.7 Å². The molecule has 0 fully saturated rings. The molecule has 1 unspecified atom stereocenters. The van der Waals surface area contributed by atoms with Gasteiger partial charge in [0.2, 0.25) is 0 Å². The molecule has 7 nitrogen and oxygen atoms in total. The lowest BCUT2D eigenvalue weighted by Crippen LogP contribution is -2.42. The maximum absolute atomic E-state index is 11.3. The van der Waals surface area contributed by atoms with Crippen molar-refractivity contribution in [1.82, 2.24) is 15.5 Å². The van der Waals surface area contributed by atoms with Crippen LogP contribution in [0.2, 0.25) is 0 Å². The number of aliphatic carboxylic acids is 1. The minimum atomic E-state index is -1.02. The Morgan fingerprint density at radius 1 is 1.32 bits per heavy atom. The van der Waals surface area contributed by atoms with Gasteiger partial charge in [-0.15, -0.1) is 0 Å². The monoisotopic (exact) mass is 275 g/mol. The number of carbonyl (C=O) groups excluding carboxylic acids is 1. The largest absolute Gasteiger partial charge is 0.480 e. The van der Waals surface area contributed by atoms with Gasteiger partial charge in [-0.3, -0.25) is 0 Å². The van der Waals surface area contributed by atoms with E-state index in [2.05, 4.69) is 29.4 Å². The van der Waals surface area contributed by atoms with E-state index in [0.717, 1.165) is 13.0 Å². The Kier molecular flexibility index (Phi) is 9.82. The first kappa shape index (κ1) is 17.7. The molecule has 0 aromatic heterocycles. The fourth-order valence-corrected chi connectivity index (χ4v) is 1.34. The summed E-state index contributed by atoms with van der Waals surface area (Å²) in [5.41, 5.74) is 0. The van der Waals surface area contributed by atoms with Crippen molar-refractivity contribution >= 4 is 12.0 Å². The first-order chi connectivity index (χ1) is 8.97. The second-order valence-electron chi connectivity index (χ2n) is 4.37. The van der Waals surface area contributed by atoms with Crippen molar-refractivity contribution < 1.29 is 19.4 Å². The first-order valence-electron chi connectivity index (χ1n) is 6.48. The zero-order valence-corrected chi connectivity index (χ0v) is 11.9. The predicted molar refractivity (Wildman–Crippen MR) is 72.2 cm³/mol. The Balaban J connectivity index is 3.47. The van der Waals surface area contributed by atoms with Gasteiger partial charge in [-0.25, -0.2) is 9.59 Å². The molecule has 19 heavy (non-hydrogen) atoms. The van der Waals surface area contributed by atoms with Crippen LogP contribution in [-0.2, 0) is 9.53 Å². The number of likely N-dealkylation sites (N-methyl/N-ethyl adjacent to an activating group) is 1. The third-order valence-electron chi connectivity index (χ3n) is 2.85. The average molecular weight is 275 g/mol. The minimum absolute atomic E-state index is 0.187. The summed E-state index contributed by atoms with van der Waals surface area (Å²) >= 11 is 0. The number of hydrogen-bond donors (Lipinski definition) is 3. The van der Waals surface area contributed by atoms with Crippen LogP contribution < -0.4 is 10.6 Å². The van der Waals surface area contributed by atoms with Crippen molar-refractivity contribution in [1.29, 1.82) is 0 Å². The van der Waals surface area contributed by atoms with Crippen molar-refractivity contribution in [3.63, 3.8) is 0 Å². The molecule has 1 atom stereocenters. The number of hydrogen-bond acceptors (Lipinski definition) is 4. The van der Waals surface area contributed by atoms with Crippen LogP contribution >= 0.6 is 0 Å². The molecule has 0 saturated heterocycles. The fourth-order valence-electron chi connectivity index (χ4n) is 1.34. The molecule has 0 rings (SSSR count). The molecule has 0 bridgehead atoms. The van der Waals surface area contributed by atoms with Crippen molar-refractivity contribution in [3.8, 4) is 0 Å². The smallest absolute Gasteiger partial charge is 0.329 e. The van der Waals surface area contributed by atoms with Gasteiger partial charge < -0.3 is 25.4 Å². The Hall–Kier alpha value is -1.34. The molecule has 0 aliphatic heterocycles. The Labute approximate surface area is 114 Å². The van der Waals surface area contributed by atoms with Crippen molar-refractivity contribution in [2.45, 2.75) is 26.3 Å². The topological polar surface area (TPSA) is 90.9 Å². The summed E-state index contributed by atoms with van der Waals surface area (Å²) in [5.74, 6) is -1.02. The molecule has 112 valence electrons. The number of carbonyl (C=O) groups is 2. The summed E-state index contributed by atoms with van der Waals surface area (Å²) in [6.45, 7) is 5.76. The van der Waals surface area contributed by atoms with Gasteiger partial charge in [0.25, 0.3) is 0 Å². The highest BCUT2D eigenvalue weighted by atomic mass is 16.5. The fraction of sp³-hybridized carbons (Fsp3) is 0.833. The summed E-state index contributed by atoms with van der Waals surface area (Å²) in [6.07, 6.45) is 1.07. The lowest BCUT2D eigenvalue weighted by atomic mass is 10.2. The van der Waals surface area contributed by atoms with Gasteiger partial charge in [-0.2, -0.15) is 0 Å². The van der Waals surface area contributed by atoms with Crippen LogP contribution in [0.25, 0.3) is 0 Å². The van der Waals surface area contributed by atoms with E-state index in [9.17, 15) is 9.59 Å². The number of urea groups is 1. The second-order valence-corrected chi connectivity index (χ2v) is 4.37. The number of nitrogens with zero attached hydrogens (tertiary/aromatic N) is 1. The Morgan fingerprint density at radius 3 is 2.53 bits per heavy atom. The summed E-state index contributed by atoms with van der Waals surface area (Å²) in [7, 11) is 2.02. The molecule has 2 amide bonds. The van der Waals surface area contributed by atoms with Gasteiger partial charge in [-0.05, 0) is 20.4 Å². The van der Waals surface area contributed by atoms with Gasteiger partial charge in [0.05, 0.1) is 6.61 Å². The van der Waals surface area contributed by atoms with Gasteiger partial charge in [0.15, 0.2) is 0 Å². The highest BCUT2D eigenvalue weighted by Crippen LogP contribution is 1.97. The van der Waals surface area contributed by atoms with Crippen LogP contribution in [0.15, 0.2) is 0 Å². The van der Waals surface area contributed by atoms with E-state index < -0.39 is 5.97 Å². The van der Waals surface area contributed by atoms with Crippen LogP contribution in [0.4, 0.5) is 4.79 Å².